The molecule has 2 rings (SSSR count). The van der Waals surface area contributed by atoms with Gasteiger partial charge in [0, 0.05) is 0 Å². The largest absolute Gasteiger partial charge is 0.490 e. The Balaban J connectivity index is 1.81. The molecule has 0 amide bonds. The van der Waals surface area contributed by atoms with Gasteiger partial charge in [-0.2, -0.15) is 0 Å². The van der Waals surface area contributed by atoms with E-state index in [4.69, 9.17) is 15.2 Å². The molecule has 0 unspecified atom stereocenters. The van der Waals surface area contributed by atoms with Crippen molar-refractivity contribution in [2.24, 2.45) is 0 Å². The van der Waals surface area contributed by atoms with Crippen LogP contribution in [-0.2, 0) is 0 Å². The minimum atomic E-state index is 0.473. The smallest absolute Gasteiger partial charge is 0.142 e. The molecule has 2 aromatic carbocycles. The van der Waals surface area contributed by atoms with E-state index in [0.29, 0.717) is 24.7 Å². The first kappa shape index (κ1) is 13.3. The van der Waals surface area contributed by atoms with Gasteiger partial charge in [0.1, 0.15) is 24.7 Å². The van der Waals surface area contributed by atoms with Crippen LogP contribution in [0.25, 0.3) is 0 Å². The van der Waals surface area contributed by atoms with E-state index in [1.165, 1.54) is 11.1 Å². The van der Waals surface area contributed by atoms with E-state index in [-0.39, 0.29) is 0 Å². The van der Waals surface area contributed by atoms with Crippen LogP contribution in [0.5, 0.6) is 11.5 Å². The number of benzene rings is 2. The van der Waals surface area contributed by atoms with Gasteiger partial charge in [0.05, 0.1) is 5.69 Å². The summed E-state index contributed by atoms with van der Waals surface area (Å²) in [4.78, 5) is 0. The van der Waals surface area contributed by atoms with Gasteiger partial charge in [-0.3, -0.25) is 0 Å². The highest BCUT2D eigenvalue weighted by atomic mass is 16.5. The van der Waals surface area contributed by atoms with Crippen molar-refractivity contribution in [1.29, 1.82) is 0 Å². The molecule has 0 aliphatic carbocycles. The Hall–Kier alpha value is -2.16. The van der Waals surface area contributed by atoms with E-state index in [2.05, 4.69) is 19.9 Å². The molecule has 0 saturated heterocycles. The minimum absolute atomic E-state index is 0.473. The average molecular weight is 257 g/mol. The quantitative estimate of drug-likeness (QED) is 0.660. The standard InChI is InChI=1S/C16H19NO2/c1-12-7-8-14(11-13(12)2)18-9-10-19-16-6-4-3-5-15(16)17/h3-8,11H,9-10,17H2,1-2H3. The lowest BCUT2D eigenvalue weighted by molar-refractivity contribution is 0.218. The van der Waals surface area contributed by atoms with Gasteiger partial charge in [-0.15, -0.1) is 0 Å². The molecule has 0 aromatic heterocycles. The van der Waals surface area contributed by atoms with Crippen LogP contribution < -0.4 is 15.2 Å². The molecule has 0 atom stereocenters. The van der Waals surface area contributed by atoms with E-state index in [1.54, 1.807) is 0 Å². The topological polar surface area (TPSA) is 44.5 Å². The Bertz CT molecular complexity index is 552. The predicted octanol–water partition coefficient (Wildman–Crippen LogP) is 3.34. The number of nitrogen functional groups attached to an aromatic ring is 1. The zero-order valence-electron chi connectivity index (χ0n) is 11.3. The van der Waals surface area contributed by atoms with Gasteiger partial charge in [-0.25, -0.2) is 0 Å². The lowest BCUT2D eigenvalue weighted by Gasteiger charge is -2.10. The first-order chi connectivity index (χ1) is 9.16. The molecule has 3 heteroatoms. The van der Waals surface area contributed by atoms with Crippen molar-refractivity contribution < 1.29 is 9.47 Å². The van der Waals surface area contributed by atoms with E-state index >= 15 is 0 Å². The Morgan fingerprint density at radius 3 is 2.37 bits per heavy atom. The fraction of sp³-hybridized carbons (Fsp3) is 0.250. The minimum Gasteiger partial charge on any atom is -0.490 e. The summed E-state index contributed by atoms with van der Waals surface area (Å²) in [6.45, 7) is 5.13. The van der Waals surface area contributed by atoms with E-state index in [0.717, 1.165) is 5.75 Å². The van der Waals surface area contributed by atoms with E-state index in [1.807, 2.05) is 36.4 Å². The Kier molecular flexibility index (Phi) is 4.29. The molecule has 0 bridgehead atoms. The molecule has 0 heterocycles. The highest BCUT2D eigenvalue weighted by Crippen LogP contribution is 2.20. The second-order valence-corrected chi connectivity index (χ2v) is 4.48. The zero-order chi connectivity index (χ0) is 13.7. The van der Waals surface area contributed by atoms with Crippen molar-refractivity contribution in [3.63, 3.8) is 0 Å². The maximum Gasteiger partial charge on any atom is 0.142 e. The average Bonchev–Trinajstić information content (AvgIpc) is 2.40. The highest BCUT2D eigenvalue weighted by molar-refractivity contribution is 5.51. The van der Waals surface area contributed by atoms with Crippen molar-refractivity contribution in [3.05, 3.63) is 53.6 Å². The summed E-state index contributed by atoms with van der Waals surface area (Å²) in [5.74, 6) is 1.57. The summed E-state index contributed by atoms with van der Waals surface area (Å²) >= 11 is 0. The summed E-state index contributed by atoms with van der Waals surface area (Å²) < 4.78 is 11.2. The number of hydrogen-bond donors (Lipinski definition) is 1. The fourth-order valence-corrected chi connectivity index (χ4v) is 1.73. The van der Waals surface area contributed by atoms with E-state index < -0.39 is 0 Å². The number of aryl methyl sites for hydroxylation is 2. The molecule has 19 heavy (non-hydrogen) atoms. The second kappa shape index (κ2) is 6.14. The lowest BCUT2D eigenvalue weighted by atomic mass is 10.1. The molecule has 0 aliphatic rings. The highest BCUT2D eigenvalue weighted by Gasteiger charge is 2.00. The Labute approximate surface area is 114 Å². The van der Waals surface area contributed by atoms with Crippen LogP contribution in [-0.4, -0.2) is 13.2 Å². The van der Waals surface area contributed by atoms with Crippen molar-refractivity contribution in [2.45, 2.75) is 13.8 Å². The van der Waals surface area contributed by atoms with Gasteiger partial charge in [0.2, 0.25) is 0 Å². The molecule has 0 radical (unpaired) electrons. The normalized spacial score (nSPS) is 10.2. The van der Waals surface area contributed by atoms with Crippen LogP contribution in [0.1, 0.15) is 11.1 Å². The zero-order valence-corrected chi connectivity index (χ0v) is 11.3. The molecular formula is C16H19NO2. The summed E-state index contributed by atoms with van der Waals surface area (Å²) in [5.41, 5.74) is 8.92. The number of anilines is 1. The SMILES string of the molecule is Cc1ccc(OCCOc2ccccc2N)cc1C. The third-order valence-corrected chi connectivity index (χ3v) is 3.01. The summed E-state index contributed by atoms with van der Waals surface area (Å²) in [5, 5.41) is 0. The van der Waals surface area contributed by atoms with Gasteiger partial charge in [-0.05, 0) is 49.2 Å². The Morgan fingerprint density at radius 2 is 1.63 bits per heavy atom. The van der Waals surface area contributed by atoms with Gasteiger partial charge >= 0.3 is 0 Å². The number of ether oxygens (including phenoxy) is 2. The van der Waals surface area contributed by atoms with Gasteiger partial charge in [-0.1, -0.05) is 18.2 Å². The third-order valence-electron chi connectivity index (χ3n) is 3.01. The number of rotatable bonds is 5. The molecule has 3 nitrogen and oxygen atoms in total. The molecular weight excluding hydrogens is 238 g/mol. The number of para-hydroxylation sites is 2. The van der Waals surface area contributed by atoms with Crippen LogP contribution in [0, 0.1) is 13.8 Å². The molecule has 2 aromatic rings. The van der Waals surface area contributed by atoms with Crippen LogP contribution >= 0.6 is 0 Å². The molecule has 0 fully saturated rings. The molecule has 100 valence electrons. The van der Waals surface area contributed by atoms with Crippen LogP contribution in [0.2, 0.25) is 0 Å². The summed E-state index contributed by atoms with van der Waals surface area (Å²) in [6, 6.07) is 13.5. The van der Waals surface area contributed by atoms with Gasteiger partial charge < -0.3 is 15.2 Å². The molecule has 0 spiro atoms. The van der Waals surface area contributed by atoms with Crippen molar-refractivity contribution in [3.8, 4) is 11.5 Å². The molecule has 0 saturated carbocycles. The first-order valence-electron chi connectivity index (χ1n) is 6.34. The maximum atomic E-state index is 5.78. The van der Waals surface area contributed by atoms with Crippen molar-refractivity contribution in [1.82, 2.24) is 0 Å². The maximum absolute atomic E-state index is 5.78. The predicted molar refractivity (Wildman–Crippen MR) is 77.8 cm³/mol. The van der Waals surface area contributed by atoms with Crippen LogP contribution in [0.4, 0.5) is 5.69 Å². The molecule has 0 aliphatic heterocycles. The van der Waals surface area contributed by atoms with E-state index in [9.17, 15) is 0 Å². The Morgan fingerprint density at radius 1 is 0.895 bits per heavy atom. The van der Waals surface area contributed by atoms with Crippen molar-refractivity contribution >= 4 is 5.69 Å². The van der Waals surface area contributed by atoms with Gasteiger partial charge in [0.25, 0.3) is 0 Å². The lowest BCUT2D eigenvalue weighted by Crippen LogP contribution is -2.10. The first-order valence-corrected chi connectivity index (χ1v) is 6.34. The van der Waals surface area contributed by atoms with Crippen molar-refractivity contribution in [2.75, 3.05) is 18.9 Å². The van der Waals surface area contributed by atoms with Crippen LogP contribution in [0.15, 0.2) is 42.5 Å². The monoisotopic (exact) mass is 257 g/mol. The summed E-state index contributed by atoms with van der Waals surface area (Å²) in [6.07, 6.45) is 0. The number of hydrogen-bond acceptors (Lipinski definition) is 3. The second-order valence-electron chi connectivity index (χ2n) is 4.48. The molecule has 2 N–H and O–H groups in total. The summed E-state index contributed by atoms with van der Waals surface area (Å²) in [7, 11) is 0. The fourth-order valence-electron chi connectivity index (χ4n) is 1.73. The van der Waals surface area contributed by atoms with Crippen LogP contribution in [0.3, 0.4) is 0 Å². The number of nitrogens with two attached hydrogens (primary N) is 1. The third kappa shape index (κ3) is 3.65. The van der Waals surface area contributed by atoms with Gasteiger partial charge in [0.15, 0.2) is 0 Å².